The van der Waals surface area contributed by atoms with Gasteiger partial charge in [-0.05, 0) is 42.0 Å². The second-order valence-electron chi connectivity index (χ2n) is 5.90. The van der Waals surface area contributed by atoms with Gasteiger partial charge in [0, 0.05) is 4.88 Å². The first-order valence-electron chi connectivity index (χ1n) is 6.78. The number of thiophene rings is 1. The molecule has 18 heavy (non-hydrogen) atoms. The van der Waals surface area contributed by atoms with E-state index in [4.69, 9.17) is 17.4 Å². The maximum atomic E-state index is 6.31. The third-order valence-electron chi connectivity index (χ3n) is 4.10. The fourth-order valence-corrected chi connectivity index (χ4v) is 4.91. The van der Waals surface area contributed by atoms with E-state index >= 15 is 0 Å². The minimum atomic E-state index is 0.204. The lowest BCUT2D eigenvalue weighted by Gasteiger charge is -2.38. The van der Waals surface area contributed by atoms with Crippen molar-refractivity contribution in [2.45, 2.75) is 52.0 Å². The zero-order valence-electron chi connectivity index (χ0n) is 11.2. The van der Waals surface area contributed by atoms with Gasteiger partial charge >= 0.3 is 0 Å². The summed E-state index contributed by atoms with van der Waals surface area (Å²) in [6, 6.07) is 2.18. The molecule has 0 radical (unpaired) electrons. The summed E-state index contributed by atoms with van der Waals surface area (Å²) < 4.78 is 0. The molecule has 4 heteroatoms. The van der Waals surface area contributed by atoms with Crippen LogP contribution in [0.25, 0.3) is 0 Å². The summed E-state index contributed by atoms with van der Waals surface area (Å²) in [6.45, 7) is 4.59. The summed E-state index contributed by atoms with van der Waals surface area (Å²) in [7, 11) is 0. The quantitative estimate of drug-likeness (QED) is 0.617. The van der Waals surface area contributed by atoms with E-state index in [0.29, 0.717) is 5.92 Å². The van der Waals surface area contributed by atoms with Gasteiger partial charge in [-0.2, -0.15) is 0 Å². The number of hydrogen-bond donors (Lipinski definition) is 2. The van der Waals surface area contributed by atoms with Crippen LogP contribution in [-0.4, -0.2) is 0 Å². The standard InChI is InChI=1S/C14H23ClN2S/c1-10(2)9-14(6-3-4-7-14)13(17-16)12-11(15)5-8-18-12/h5,8,10,13,17H,3-4,6-7,9,16H2,1-2H3. The van der Waals surface area contributed by atoms with Crippen molar-refractivity contribution in [3.05, 3.63) is 21.3 Å². The average molecular weight is 287 g/mol. The molecule has 1 unspecified atom stereocenters. The highest BCUT2D eigenvalue weighted by Gasteiger charge is 2.43. The van der Waals surface area contributed by atoms with E-state index in [1.54, 1.807) is 11.3 Å². The molecule has 0 amide bonds. The first-order valence-corrected chi connectivity index (χ1v) is 8.04. The maximum absolute atomic E-state index is 6.31. The van der Waals surface area contributed by atoms with Crippen LogP contribution in [0.5, 0.6) is 0 Å². The van der Waals surface area contributed by atoms with Gasteiger partial charge in [-0.1, -0.05) is 38.3 Å². The molecule has 2 rings (SSSR count). The van der Waals surface area contributed by atoms with E-state index in [9.17, 15) is 0 Å². The van der Waals surface area contributed by atoms with Gasteiger partial charge in [-0.3, -0.25) is 11.3 Å². The van der Waals surface area contributed by atoms with Crippen LogP contribution in [0.3, 0.4) is 0 Å². The summed E-state index contributed by atoms with van der Waals surface area (Å²) in [5, 5.41) is 2.91. The third-order valence-corrected chi connectivity index (χ3v) is 5.52. The molecule has 0 aliphatic heterocycles. The van der Waals surface area contributed by atoms with E-state index in [-0.39, 0.29) is 11.5 Å². The Morgan fingerprint density at radius 3 is 2.56 bits per heavy atom. The Balaban J connectivity index is 2.31. The van der Waals surface area contributed by atoms with Gasteiger partial charge < -0.3 is 0 Å². The molecule has 1 aliphatic carbocycles. The average Bonchev–Trinajstić information content (AvgIpc) is 2.90. The number of hydrazine groups is 1. The highest BCUT2D eigenvalue weighted by atomic mass is 35.5. The summed E-state index contributed by atoms with van der Waals surface area (Å²) in [4.78, 5) is 1.21. The lowest BCUT2D eigenvalue weighted by molar-refractivity contribution is 0.158. The van der Waals surface area contributed by atoms with E-state index in [0.717, 1.165) is 5.02 Å². The van der Waals surface area contributed by atoms with E-state index < -0.39 is 0 Å². The van der Waals surface area contributed by atoms with Gasteiger partial charge in [-0.25, -0.2) is 0 Å². The Morgan fingerprint density at radius 2 is 2.11 bits per heavy atom. The summed E-state index contributed by atoms with van der Waals surface area (Å²) in [6.07, 6.45) is 6.36. The number of hydrogen-bond acceptors (Lipinski definition) is 3. The second kappa shape index (κ2) is 5.91. The third kappa shape index (κ3) is 2.74. The molecule has 0 aromatic carbocycles. The largest absolute Gasteiger partial charge is 0.271 e. The van der Waals surface area contributed by atoms with Crippen LogP contribution in [0.4, 0.5) is 0 Å². The predicted molar refractivity (Wildman–Crippen MR) is 79.7 cm³/mol. The number of nitrogens with two attached hydrogens (primary N) is 1. The minimum Gasteiger partial charge on any atom is -0.271 e. The van der Waals surface area contributed by atoms with E-state index in [2.05, 4.69) is 24.7 Å². The molecule has 3 N–H and O–H groups in total. The molecule has 1 aromatic heterocycles. The Labute approximate surface area is 119 Å². The monoisotopic (exact) mass is 286 g/mol. The lowest BCUT2D eigenvalue weighted by Crippen LogP contribution is -2.40. The maximum Gasteiger partial charge on any atom is 0.0624 e. The molecule has 0 saturated heterocycles. The Bertz CT molecular complexity index is 383. The van der Waals surface area contributed by atoms with Crippen molar-refractivity contribution in [3.63, 3.8) is 0 Å². The van der Waals surface area contributed by atoms with Crippen molar-refractivity contribution >= 4 is 22.9 Å². The first kappa shape index (κ1) is 14.3. The van der Waals surface area contributed by atoms with Gasteiger partial charge in [0.2, 0.25) is 0 Å². The molecule has 1 fully saturated rings. The van der Waals surface area contributed by atoms with E-state index in [1.165, 1.54) is 37.0 Å². The van der Waals surface area contributed by atoms with Crippen molar-refractivity contribution in [2.24, 2.45) is 17.2 Å². The van der Waals surface area contributed by atoms with Crippen molar-refractivity contribution in [1.82, 2.24) is 5.43 Å². The van der Waals surface area contributed by atoms with Crippen LogP contribution >= 0.6 is 22.9 Å². The van der Waals surface area contributed by atoms with E-state index in [1.807, 2.05) is 6.07 Å². The fourth-order valence-electron chi connectivity index (χ4n) is 3.54. The number of halogens is 1. The molecule has 1 aromatic rings. The molecule has 1 aliphatic rings. The highest BCUT2D eigenvalue weighted by Crippen LogP contribution is 2.53. The van der Waals surface area contributed by atoms with Crippen LogP contribution in [0.15, 0.2) is 11.4 Å². The van der Waals surface area contributed by atoms with Crippen LogP contribution in [-0.2, 0) is 0 Å². The summed E-state index contributed by atoms with van der Waals surface area (Å²) >= 11 is 8.03. The second-order valence-corrected chi connectivity index (χ2v) is 7.25. The normalized spacial score (nSPS) is 20.5. The molecule has 1 saturated carbocycles. The van der Waals surface area contributed by atoms with Crippen molar-refractivity contribution < 1.29 is 0 Å². The van der Waals surface area contributed by atoms with Crippen LogP contribution < -0.4 is 11.3 Å². The number of nitrogens with one attached hydrogen (secondary N) is 1. The summed E-state index contributed by atoms with van der Waals surface area (Å²) in [5.74, 6) is 6.56. The molecular weight excluding hydrogens is 264 g/mol. The van der Waals surface area contributed by atoms with Crippen LogP contribution in [0.1, 0.15) is 56.9 Å². The van der Waals surface area contributed by atoms with Gasteiger partial charge in [0.1, 0.15) is 0 Å². The van der Waals surface area contributed by atoms with Gasteiger partial charge in [0.15, 0.2) is 0 Å². The molecule has 2 nitrogen and oxygen atoms in total. The molecule has 0 spiro atoms. The SMILES string of the molecule is CC(C)CC1(C(NN)c2sccc2Cl)CCCC1. The Morgan fingerprint density at radius 1 is 1.44 bits per heavy atom. The molecule has 1 atom stereocenters. The van der Waals surface area contributed by atoms with Crippen LogP contribution in [0, 0.1) is 11.3 Å². The lowest BCUT2D eigenvalue weighted by atomic mass is 9.72. The zero-order valence-corrected chi connectivity index (χ0v) is 12.8. The Kier molecular flexibility index (Phi) is 4.70. The van der Waals surface area contributed by atoms with Gasteiger partial charge in [0.05, 0.1) is 11.1 Å². The summed E-state index contributed by atoms with van der Waals surface area (Å²) in [5.41, 5.74) is 3.35. The number of rotatable bonds is 5. The molecular formula is C14H23ClN2S. The molecule has 0 bridgehead atoms. The minimum absolute atomic E-state index is 0.204. The van der Waals surface area contributed by atoms with Crippen molar-refractivity contribution in [2.75, 3.05) is 0 Å². The predicted octanol–water partition coefficient (Wildman–Crippen LogP) is 4.51. The van der Waals surface area contributed by atoms with Crippen molar-refractivity contribution in [1.29, 1.82) is 0 Å². The van der Waals surface area contributed by atoms with Gasteiger partial charge in [-0.15, -0.1) is 11.3 Å². The Hall–Kier alpha value is -0.0900. The van der Waals surface area contributed by atoms with Crippen LogP contribution in [0.2, 0.25) is 5.02 Å². The fraction of sp³-hybridized carbons (Fsp3) is 0.714. The highest BCUT2D eigenvalue weighted by molar-refractivity contribution is 7.10. The smallest absolute Gasteiger partial charge is 0.0624 e. The van der Waals surface area contributed by atoms with Gasteiger partial charge in [0.25, 0.3) is 0 Å². The molecule has 102 valence electrons. The topological polar surface area (TPSA) is 38.0 Å². The van der Waals surface area contributed by atoms with Crippen molar-refractivity contribution in [3.8, 4) is 0 Å². The molecule has 1 heterocycles. The first-order chi connectivity index (χ1) is 8.59. The zero-order chi connectivity index (χ0) is 13.2.